The molecule has 2 heterocycles. The zero-order valence-electron chi connectivity index (χ0n) is 10.0. The molecule has 1 aromatic rings. The Balaban J connectivity index is 1.56. The number of nitrogens with one attached hydrogen (secondary N) is 2. The molecule has 7 heteroatoms. The van der Waals surface area contributed by atoms with Crippen LogP contribution < -0.4 is 10.6 Å². The molecule has 0 atom stereocenters. The number of hydrogen-bond donors (Lipinski definition) is 2. The normalized spacial score (nSPS) is 20.7. The number of urea groups is 1. The molecule has 1 aromatic heterocycles. The SMILES string of the molecule is O=C(Nc1nnc(C2CCOCC2)s1)NC1CC1. The van der Waals surface area contributed by atoms with Crippen molar-refractivity contribution in [2.45, 2.75) is 37.6 Å². The molecule has 0 aromatic carbocycles. The van der Waals surface area contributed by atoms with Crippen molar-refractivity contribution >= 4 is 22.5 Å². The highest BCUT2D eigenvalue weighted by atomic mass is 32.1. The lowest BCUT2D eigenvalue weighted by Gasteiger charge is -2.18. The highest BCUT2D eigenvalue weighted by molar-refractivity contribution is 7.15. The standard InChI is InChI=1S/C11H16N4O2S/c16-10(12-8-1-2-8)13-11-15-14-9(18-11)7-3-5-17-6-4-7/h7-8H,1-6H2,(H2,12,13,15,16). The Hall–Kier alpha value is -1.21. The van der Waals surface area contributed by atoms with Gasteiger partial charge in [-0.25, -0.2) is 4.79 Å². The van der Waals surface area contributed by atoms with Gasteiger partial charge in [-0.15, -0.1) is 10.2 Å². The molecule has 0 spiro atoms. The Morgan fingerprint density at radius 1 is 1.22 bits per heavy atom. The highest BCUT2D eigenvalue weighted by Gasteiger charge is 2.24. The summed E-state index contributed by atoms with van der Waals surface area (Å²) in [7, 11) is 0. The van der Waals surface area contributed by atoms with Gasteiger partial charge >= 0.3 is 6.03 Å². The fourth-order valence-corrected chi connectivity index (χ4v) is 2.85. The molecule has 1 saturated carbocycles. The van der Waals surface area contributed by atoms with E-state index < -0.39 is 0 Å². The third kappa shape index (κ3) is 2.97. The Morgan fingerprint density at radius 2 is 2.00 bits per heavy atom. The van der Waals surface area contributed by atoms with Crippen LogP contribution in [0.5, 0.6) is 0 Å². The topological polar surface area (TPSA) is 76.1 Å². The Kier molecular flexibility index (Phi) is 3.42. The molecule has 18 heavy (non-hydrogen) atoms. The Labute approximate surface area is 109 Å². The van der Waals surface area contributed by atoms with E-state index in [1.165, 1.54) is 11.3 Å². The summed E-state index contributed by atoms with van der Waals surface area (Å²) >= 11 is 1.47. The lowest BCUT2D eigenvalue weighted by Crippen LogP contribution is -2.30. The van der Waals surface area contributed by atoms with Gasteiger partial charge in [-0.05, 0) is 25.7 Å². The number of aromatic nitrogens is 2. The van der Waals surface area contributed by atoms with E-state index in [-0.39, 0.29) is 6.03 Å². The van der Waals surface area contributed by atoms with Crippen molar-refractivity contribution in [1.29, 1.82) is 0 Å². The molecular formula is C11H16N4O2S. The highest BCUT2D eigenvalue weighted by Crippen LogP contribution is 2.30. The summed E-state index contributed by atoms with van der Waals surface area (Å²) < 4.78 is 5.32. The number of carbonyl (C=O) groups excluding carboxylic acids is 1. The fourth-order valence-electron chi connectivity index (χ4n) is 1.94. The molecule has 2 N–H and O–H groups in total. The van der Waals surface area contributed by atoms with E-state index in [1.807, 2.05) is 0 Å². The molecule has 2 aliphatic rings. The predicted molar refractivity (Wildman–Crippen MR) is 67.9 cm³/mol. The first-order valence-corrected chi connectivity index (χ1v) is 7.11. The summed E-state index contributed by atoms with van der Waals surface area (Å²) in [4.78, 5) is 11.5. The number of carbonyl (C=O) groups is 1. The van der Waals surface area contributed by atoms with Crippen LogP contribution in [0.15, 0.2) is 0 Å². The third-order valence-electron chi connectivity index (χ3n) is 3.14. The van der Waals surface area contributed by atoms with Gasteiger partial charge in [0.15, 0.2) is 0 Å². The van der Waals surface area contributed by atoms with Gasteiger partial charge in [0.25, 0.3) is 0 Å². The van der Waals surface area contributed by atoms with E-state index >= 15 is 0 Å². The van der Waals surface area contributed by atoms with Crippen LogP contribution in [0.2, 0.25) is 0 Å². The van der Waals surface area contributed by atoms with E-state index in [1.54, 1.807) is 0 Å². The second-order valence-corrected chi connectivity index (χ2v) is 5.71. The molecule has 0 unspecified atom stereocenters. The average molecular weight is 268 g/mol. The van der Waals surface area contributed by atoms with Crippen molar-refractivity contribution in [2.75, 3.05) is 18.5 Å². The molecule has 6 nitrogen and oxygen atoms in total. The van der Waals surface area contributed by atoms with Crippen molar-refractivity contribution in [3.63, 3.8) is 0 Å². The molecule has 0 bridgehead atoms. The van der Waals surface area contributed by atoms with Crippen molar-refractivity contribution in [3.8, 4) is 0 Å². The van der Waals surface area contributed by atoms with E-state index in [2.05, 4.69) is 20.8 Å². The van der Waals surface area contributed by atoms with Crippen LogP contribution >= 0.6 is 11.3 Å². The average Bonchev–Trinajstić information content (AvgIpc) is 3.06. The third-order valence-corrected chi connectivity index (χ3v) is 4.15. The summed E-state index contributed by atoms with van der Waals surface area (Å²) in [5.41, 5.74) is 0. The summed E-state index contributed by atoms with van der Waals surface area (Å²) in [6.07, 6.45) is 4.14. The lowest BCUT2D eigenvalue weighted by atomic mass is 10.0. The van der Waals surface area contributed by atoms with Gasteiger partial charge < -0.3 is 10.1 Å². The van der Waals surface area contributed by atoms with Crippen LogP contribution in [0.1, 0.15) is 36.6 Å². The van der Waals surface area contributed by atoms with Gasteiger partial charge in [0.1, 0.15) is 5.01 Å². The van der Waals surface area contributed by atoms with E-state index in [0.29, 0.717) is 17.1 Å². The maximum absolute atomic E-state index is 11.5. The van der Waals surface area contributed by atoms with Gasteiger partial charge in [0, 0.05) is 25.2 Å². The van der Waals surface area contributed by atoms with Crippen LogP contribution in [0, 0.1) is 0 Å². The quantitative estimate of drug-likeness (QED) is 0.875. The molecule has 1 saturated heterocycles. The zero-order chi connectivity index (χ0) is 12.4. The van der Waals surface area contributed by atoms with E-state index in [4.69, 9.17) is 4.74 Å². The minimum atomic E-state index is -0.174. The predicted octanol–water partition coefficient (Wildman–Crippen LogP) is 1.72. The lowest BCUT2D eigenvalue weighted by molar-refractivity contribution is 0.0851. The maximum atomic E-state index is 11.5. The largest absolute Gasteiger partial charge is 0.381 e. The Morgan fingerprint density at radius 3 is 2.72 bits per heavy atom. The number of ether oxygens (including phenoxy) is 1. The molecule has 0 radical (unpaired) electrons. The second kappa shape index (κ2) is 5.19. The monoisotopic (exact) mass is 268 g/mol. The summed E-state index contributed by atoms with van der Waals surface area (Å²) in [6.45, 7) is 1.57. The molecule has 2 fully saturated rings. The Bertz CT molecular complexity index is 426. The number of rotatable bonds is 3. The molecular weight excluding hydrogens is 252 g/mol. The second-order valence-electron chi connectivity index (χ2n) is 4.70. The van der Waals surface area contributed by atoms with Gasteiger partial charge in [-0.1, -0.05) is 11.3 Å². The van der Waals surface area contributed by atoms with Crippen molar-refractivity contribution in [2.24, 2.45) is 0 Å². The van der Waals surface area contributed by atoms with Crippen LogP contribution in [0.3, 0.4) is 0 Å². The first kappa shape index (κ1) is 11.9. The fraction of sp³-hybridized carbons (Fsp3) is 0.727. The number of hydrogen-bond acceptors (Lipinski definition) is 5. The van der Waals surface area contributed by atoms with E-state index in [0.717, 1.165) is 43.9 Å². The van der Waals surface area contributed by atoms with Crippen LogP contribution in [-0.2, 0) is 4.74 Å². The molecule has 1 aliphatic carbocycles. The summed E-state index contributed by atoms with van der Waals surface area (Å²) in [5.74, 6) is 0.429. The van der Waals surface area contributed by atoms with Crippen LogP contribution in [0.25, 0.3) is 0 Å². The van der Waals surface area contributed by atoms with Crippen LogP contribution in [0.4, 0.5) is 9.93 Å². The molecule has 3 rings (SSSR count). The van der Waals surface area contributed by atoms with Crippen molar-refractivity contribution in [3.05, 3.63) is 5.01 Å². The van der Waals surface area contributed by atoms with Gasteiger partial charge in [0.2, 0.25) is 5.13 Å². The number of anilines is 1. The molecule has 2 amide bonds. The summed E-state index contributed by atoms with van der Waals surface area (Å²) in [5, 5.41) is 15.3. The minimum absolute atomic E-state index is 0.174. The first-order chi connectivity index (χ1) is 8.81. The van der Waals surface area contributed by atoms with Gasteiger partial charge in [0.05, 0.1) is 0 Å². The van der Waals surface area contributed by atoms with Crippen molar-refractivity contribution < 1.29 is 9.53 Å². The smallest absolute Gasteiger partial charge is 0.321 e. The maximum Gasteiger partial charge on any atom is 0.321 e. The number of nitrogens with zero attached hydrogens (tertiary/aromatic N) is 2. The number of amides is 2. The van der Waals surface area contributed by atoms with Crippen LogP contribution in [-0.4, -0.2) is 35.5 Å². The van der Waals surface area contributed by atoms with E-state index in [9.17, 15) is 4.79 Å². The van der Waals surface area contributed by atoms with Gasteiger partial charge in [-0.2, -0.15) is 0 Å². The first-order valence-electron chi connectivity index (χ1n) is 6.30. The summed E-state index contributed by atoms with van der Waals surface area (Å²) in [6, 6.07) is 0.181. The van der Waals surface area contributed by atoms with Crippen molar-refractivity contribution in [1.82, 2.24) is 15.5 Å². The zero-order valence-corrected chi connectivity index (χ0v) is 10.8. The minimum Gasteiger partial charge on any atom is -0.381 e. The van der Waals surface area contributed by atoms with Gasteiger partial charge in [-0.3, -0.25) is 5.32 Å². The molecule has 98 valence electrons. The molecule has 1 aliphatic heterocycles.